The van der Waals surface area contributed by atoms with Gasteiger partial charge in [0.05, 0.1) is 5.41 Å². The van der Waals surface area contributed by atoms with E-state index in [1.54, 1.807) is 0 Å². The fraction of sp³-hybridized carbons (Fsp3) is 0.600. The minimum absolute atomic E-state index is 0.0626. The number of rotatable bonds is 2. The van der Waals surface area contributed by atoms with E-state index in [1.165, 1.54) is 0 Å². The van der Waals surface area contributed by atoms with E-state index in [9.17, 15) is 9.59 Å². The molecule has 0 amide bonds. The quantitative estimate of drug-likeness (QED) is 0.610. The first kappa shape index (κ1) is 17.0. The van der Waals surface area contributed by atoms with Gasteiger partial charge in [0, 0.05) is 19.8 Å². The lowest BCUT2D eigenvalue weighted by atomic mass is 9.60. The number of anilines is 1. The standard InChI is InChI=1S/C20H27NO3/c1-19(2)16(14-8-10-15(11-9-14)21(3)4)24-18(23)20(17(19)22)12-6-5-7-13-20/h8-11,16H,5-7,12-13H2,1-4H3. The first-order chi connectivity index (χ1) is 11.3. The molecule has 4 heteroatoms. The van der Waals surface area contributed by atoms with E-state index in [0.717, 1.165) is 30.5 Å². The summed E-state index contributed by atoms with van der Waals surface area (Å²) in [4.78, 5) is 28.1. The van der Waals surface area contributed by atoms with Gasteiger partial charge in [-0.25, -0.2) is 0 Å². The van der Waals surface area contributed by atoms with Crippen molar-refractivity contribution in [3.63, 3.8) is 0 Å². The molecule has 2 aliphatic rings. The molecule has 2 fully saturated rings. The highest BCUT2D eigenvalue weighted by Gasteiger charge is 2.60. The minimum atomic E-state index is -0.901. The van der Waals surface area contributed by atoms with Crippen molar-refractivity contribution in [3.8, 4) is 0 Å². The molecule has 24 heavy (non-hydrogen) atoms. The molecule has 1 atom stereocenters. The Bertz CT molecular complexity index is 639. The van der Waals surface area contributed by atoms with Crippen molar-refractivity contribution in [1.29, 1.82) is 0 Å². The largest absolute Gasteiger partial charge is 0.456 e. The second kappa shape index (κ2) is 5.91. The summed E-state index contributed by atoms with van der Waals surface area (Å²) in [6, 6.07) is 7.91. The predicted molar refractivity (Wildman–Crippen MR) is 93.9 cm³/mol. The summed E-state index contributed by atoms with van der Waals surface area (Å²) in [6.07, 6.45) is 3.72. The number of hydrogen-bond donors (Lipinski definition) is 0. The summed E-state index contributed by atoms with van der Waals surface area (Å²) < 4.78 is 5.88. The molecule has 1 aliphatic carbocycles. The zero-order valence-corrected chi connectivity index (χ0v) is 15.1. The van der Waals surface area contributed by atoms with Gasteiger partial charge in [-0.15, -0.1) is 0 Å². The average molecular weight is 329 g/mol. The molecule has 0 bridgehead atoms. The fourth-order valence-corrected chi connectivity index (χ4v) is 4.21. The van der Waals surface area contributed by atoms with Crippen molar-refractivity contribution < 1.29 is 14.3 Å². The number of carbonyl (C=O) groups is 2. The van der Waals surface area contributed by atoms with Crippen LogP contribution >= 0.6 is 0 Å². The van der Waals surface area contributed by atoms with E-state index < -0.39 is 16.9 Å². The van der Waals surface area contributed by atoms with Crippen LogP contribution in [0.25, 0.3) is 0 Å². The van der Waals surface area contributed by atoms with Crippen LogP contribution in [-0.2, 0) is 14.3 Å². The van der Waals surface area contributed by atoms with Crippen molar-refractivity contribution in [1.82, 2.24) is 0 Å². The zero-order chi connectivity index (χ0) is 17.5. The van der Waals surface area contributed by atoms with Crippen molar-refractivity contribution in [2.24, 2.45) is 10.8 Å². The summed E-state index contributed by atoms with van der Waals surface area (Å²) in [6.45, 7) is 3.84. The number of nitrogens with zero attached hydrogens (tertiary/aromatic N) is 1. The van der Waals surface area contributed by atoms with Crippen molar-refractivity contribution in [2.75, 3.05) is 19.0 Å². The van der Waals surface area contributed by atoms with Crippen molar-refractivity contribution in [3.05, 3.63) is 29.8 Å². The highest BCUT2D eigenvalue weighted by atomic mass is 16.5. The molecule has 1 aromatic carbocycles. The molecule has 1 aromatic rings. The summed E-state index contributed by atoms with van der Waals surface area (Å²) in [5.41, 5.74) is 0.360. The van der Waals surface area contributed by atoms with E-state index in [1.807, 2.05) is 57.1 Å². The lowest BCUT2D eigenvalue weighted by molar-refractivity contribution is -0.192. The van der Waals surface area contributed by atoms with E-state index >= 15 is 0 Å². The second-order valence-corrected chi connectivity index (χ2v) is 7.96. The molecule has 0 radical (unpaired) electrons. The van der Waals surface area contributed by atoms with Gasteiger partial charge in [0.2, 0.25) is 0 Å². The van der Waals surface area contributed by atoms with Gasteiger partial charge in [0.15, 0.2) is 5.78 Å². The number of ether oxygens (including phenoxy) is 1. The van der Waals surface area contributed by atoms with Gasteiger partial charge in [0.25, 0.3) is 0 Å². The van der Waals surface area contributed by atoms with Crippen LogP contribution in [0, 0.1) is 10.8 Å². The predicted octanol–water partition coefficient (Wildman–Crippen LogP) is 3.90. The molecule has 0 N–H and O–H groups in total. The van der Waals surface area contributed by atoms with Crippen LogP contribution in [0.2, 0.25) is 0 Å². The van der Waals surface area contributed by atoms with Gasteiger partial charge in [-0.05, 0) is 44.4 Å². The third-order valence-corrected chi connectivity index (χ3v) is 5.71. The molecule has 1 saturated heterocycles. The monoisotopic (exact) mass is 329 g/mol. The Hall–Kier alpha value is -1.84. The molecule has 3 rings (SSSR count). The van der Waals surface area contributed by atoms with E-state index in [2.05, 4.69) is 0 Å². The number of Topliss-reactive ketones (excluding diaryl/α,β-unsaturated/α-hetero) is 1. The van der Waals surface area contributed by atoms with Crippen molar-refractivity contribution in [2.45, 2.75) is 52.1 Å². The second-order valence-electron chi connectivity index (χ2n) is 7.96. The van der Waals surface area contributed by atoms with Crippen LogP contribution in [0.1, 0.15) is 57.6 Å². The van der Waals surface area contributed by atoms with Crippen LogP contribution in [0.15, 0.2) is 24.3 Å². The van der Waals surface area contributed by atoms with Crippen LogP contribution in [0.5, 0.6) is 0 Å². The molecule has 1 heterocycles. The van der Waals surface area contributed by atoms with Gasteiger partial charge < -0.3 is 9.64 Å². The maximum absolute atomic E-state index is 13.3. The lowest BCUT2D eigenvalue weighted by Crippen LogP contribution is -2.55. The molecular weight excluding hydrogens is 302 g/mol. The topological polar surface area (TPSA) is 46.6 Å². The third kappa shape index (κ3) is 2.52. The number of hydrogen-bond acceptors (Lipinski definition) is 4. The SMILES string of the molecule is CN(C)c1ccc(C2OC(=O)C3(CCCCC3)C(=O)C2(C)C)cc1. The number of cyclic esters (lactones) is 1. The smallest absolute Gasteiger partial charge is 0.320 e. The van der Waals surface area contributed by atoms with Gasteiger partial charge in [-0.1, -0.05) is 31.4 Å². The Kier molecular flexibility index (Phi) is 4.18. The Balaban J connectivity index is 1.94. The van der Waals surface area contributed by atoms with E-state index in [4.69, 9.17) is 4.74 Å². The van der Waals surface area contributed by atoms with Crippen LogP contribution < -0.4 is 4.90 Å². The zero-order valence-electron chi connectivity index (χ0n) is 15.1. The van der Waals surface area contributed by atoms with E-state index in [-0.39, 0.29) is 11.8 Å². The van der Waals surface area contributed by atoms with Crippen LogP contribution in [-0.4, -0.2) is 25.8 Å². The highest BCUT2D eigenvalue weighted by molar-refractivity contribution is 6.08. The number of esters is 1. The van der Waals surface area contributed by atoms with E-state index in [0.29, 0.717) is 12.8 Å². The first-order valence-corrected chi connectivity index (χ1v) is 8.82. The van der Waals surface area contributed by atoms with Crippen molar-refractivity contribution >= 4 is 17.4 Å². The average Bonchev–Trinajstić information content (AvgIpc) is 2.58. The van der Waals surface area contributed by atoms with Gasteiger partial charge in [-0.2, -0.15) is 0 Å². The lowest BCUT2D eigenvalue weighted by Gasteiger charge is -2.47. The maximum Gasteiger partial charge on any atom is 0.320 e. The maximum atomic E-state index is 13.3. The molecule has 1 unspecified atom stereocenters. The van der Waals surface area contributed by atoms with Crippen LogP contribution in [0.4, 0.5) is 5.69 Å². The number of benzene rings is 1. The molecule has 1 spiro atoms. The summed E-state index contributed by atoms with van der Waals surface area (Å²) in [7, 11) is 3.96. The first-order valence-electron chi connectivity index (χ1n) is 8.82. The van der Waals surface area contributed by atoms with Crippen LogP contribution in [0.3, 0.4) is 0 Å². The Labute approximate surface area is 144 Å². The molecule has 0 aromatic heterocycles. The molecule has 1 saturated carbocycles. The normalized spacial score (nSPS) is 25.4. The van der Waals surface area contributed by atoms with Gasteiger partial charge >= 0.3 is 5.97 Å². The summed E-state index contributed by atoms with van der Waals surface area (Å²) >= 11 is 0. The fourth-order valence-electron chi connectivity index (χ4n) is 4.21. The number of carbonyl (C=O) groups excluding carboxylic acids is 2. The minimum Gasteiger partial charge on any atom is -0.456 e. The van der Waals surface area contributed by atoms with Gasteiger partial charge in [0.1, 0.15) is 11.5 Å². The van der Waals surface area contributed by atoms with Gasteiger partial charge in [-0.3, -0.25) is 9.59 Å². The summed E-state index contributed by atoms with van der Waals surface area (Å²) in [5, 5.41) is 0. The Morgan fingerprint density at radius 2 is 1.58 bits per heavy atom. The molecule has 1 aliphatic heterocycles. The molecular formula is C20H27NO3. The molecule has 4 nitrogen and oxygen atoms in total. The Morgan fingerprint density at radius 3 is 2.12 bits per heavy atom. The highest BCUT2D eigenvalue weighted by Crippen LogP contribution is 2.53. The third-order valence-electron chi connectivity index (χ3n) is 5.71. The molecule has 130 valence electrons. The number of ketones is 1. The summed E-state index contributed by atoms with van der Waals surface area (Å²) in [5.74, 6) is -0.249. The Morgan fingerprint density at radius 1 is 1.00 bits per heavy atom.